The molecule has 6 nitrogen and oxygen atoms in total. The van der Waals surface area contributed by atoms with Gasteiger partial charge in [-0.1, -0.05) is 18.2 Å². The molecule has 0 saturated carbocycles. The lowest BCUT2D eigenvalue weighted by atomic mass is 9.78. The van der Waals surface area contributed by atoms with Crippen LogP contribution >= 0.6 is 23.7 Å². The van der Waals surface area contributed by atoms with Crippen LogP contribution in [0.5, 0.6) is 0 Å². The predicted octanol–water partition coefficient (Wildman–Crippen LogP) is 3.63. The second kappa shape index (κ2) is 8.26. The lowest BCUT2D eigenvalue weighted by Crippen LogP contribution is -2.44. The van der Waals surface area contributed by atoms with E-state index in [1.807, 2.05) is 51.5 Å². The van der Waals surface area contributed by atoms with Gasteiger partial charge >= 0.3 is 0 Å². The van der Waals surface area contributed by atoms with Crippen LogP contribution < -0.4 is 5.32 Å². The van der Waals surface area contributed by atoms with Crippen LogP contribution in [0.15, 0.2) is 48.1 Å². The highest BCUT2D eigenvalue weighted by Gasteiger charge is 2.38. The maximum Gasteiger partial charge on any atom is 0.273 e. The molecule has 5 rings (SSSR count). The number of carbonyl (C=O) groups excluding carboxylic acids is 1. The lowest BCUT2D eigenvalue weighted by molar-refractivity contribution is 0.0603. The van der Waals surface area contributed by atoms with E-state index in [1.54, 1.807) is 6.20 Å². The number of thiazole rings is 1. The largest absolute Gasteiger partial charge is 0.337 e. The molecule has 2 aromatic heterocycles. The van der Waals surface area contributed by atoms with E-state index >= 15 is 0 Å². The molecule has 2 aliphatic rings. The first-order valence-corrected chi connectivity index (χ1v) is 10.7. The van der Waals surface area contributed by atoms with Crippen LogP contribution in [0.3, 0.4) is 0 Å². The van der Waals surface area contributed by atoms with Crippen molar-refractivity contribution in [2.24, 2.45) is 5.41 Å². The Morgan fingerprint density at radius 2 is 1.93 bits per heavy atom. The van der Waals surface area contributed by atoms with Gasteiger partial charge < -0.3 is 10.2 Å². The number of piperidine rings is 1. The molecular weight excluding hydrogens is 406 g/mol. The number of nitrogens with one attached hydrogen (secondary N) is 1. The topological polar surface area (TPSA) is 63.1 Å². The molecule has 4 heterocycles. The molecular formula is C21H24ClN5OS. The Bertz CT molecular complexity index is 970. The molecule has 1 spiro atoms. The predicted molar refractivity (Wildman–Crippen MR) is 117 cm³/mol. The van der Waals surface area contributed by atoms with Crippen molar-refractivity contribution in [1.82, 2.24) is 25.0 Å². The van der Waals surface area contributed by atoms with Gasteiger partial charge in [-0.3, -0.25) is 4.79 Å². The number of rotatable bonds is 3. The van der Waals surface area contributed by atoms with Gasteiger partial charge in [0.2, 0.25) is 0 Å². The van der Waals surface area contributed by atoms with Crippen LogP contribution in [0.25, 0.3) is 16.3 Å². The van der Waals surface area contributed by atoms with Crippen LogP contribution in [0.4, 0.5) is 0 Å². The van der Waals surface area contributed by atoms with Crippen LogP contribution in [0.1, 0.15) is 29.8 Å². The van der Waals surface area contributed by atoms with Crippen LogP contribution in [-0.2, 0) is 0 Å². The van der Waals surface area contributed by atoms with Gasteiger partial charge in [-0.2, -0.15) is 5.10 Å². The minimum atomic E-state index is 0. The molecule has 1 aromatic carbocycles. The van der Waals surface area contributed by atoms with Crippen LogP contribution in [0.2, 0.25) is 0 Å². The zero-order chi connectivity index (χ0) is 19.0. The van der Waals surface area contributed by atoms with Gasteiger partial charge in [-0.15, -0.1) is 23.7 Å². The maximum atomic E-state index is 12.9. The maximum absolute atomic E-state index is 12.9. The van der Waals surface area contributed by atoms with Crippen molar-refractivity contribution in [1.29, 1.82) is 0 Å². The van der Waals surface area contributed by atoms with Crippen molar-refractivity contribution in [3.8, 4) is 16.3 Å². The summed E-state index contributed by atoms with van der Waals surface area (Å²) in [6.45, 7) is 3.87. The SMILES string of the molecule is Cl.O=C(c1csc(-c2cnn(-c3ccccc3)c2)n1)N1CCC2(CCNC2)CC1. The molecule has 2 fully saturated rings. The van der Waals surface area contributed by atoms with Crippen molar-refractivity contribution < 1.29 is 4.79 Å². The highest BCUT2D eigenvalue weighted by Crippen LogP contribution is 2.37. The fourth-order valence-corrected chi connectivity index (χ4v) is 5.00. The first-order chi connectivity index (χ1) is 13.7. The summed E-state index contributed by atoms with van der Waals surface area (Å²) in [5, 5.41) is 10.6. The summed E-state index contributed by atoms with van der Waals surface area (Å²) in [4.78, 5) is 19.5. The zero-order valence-corrected chi connectivity index (χ0v) is 17.7. The second-order valence-corrected chi connectivity index (χ2v) is 8.62. The third-order valence-corrected chi connectivity index (χ3v) is 6.91. The third kappa shape index (κ3) is 3.95. The zero-order valence-electron chi connectivity index (χ0n) is 16.1. The van der Waals surface area contributed by atoms with Gasteiger partial charge in [-0.05, 0) is 43.4 Å². The molecule has 3 aromatic rings. The lowest BCUT2D eigenvalue weighted by Gasteiger charge is -2.38. The van der Waals surface area contributed by atoms with Gasteiger partial charge in [0.25, 0.3) is 5.91 Å². The highest BCUT2D eigenvalue weighted by molar-refractivity contribution is 7.13. The minimum Gasteiger partial charge on any atom is -0.337 e. The van der Waals surface area contributed by atoms with E-state index in [0.29, 0.717) is 11.1 Å². The smallest absolute Gasteiger partial charge is 0.273 e. The molecule has 0 unspecified atom stereocenters. The number of carbonyl (C=O) groups is 1. The number of likely N-dealkylation sites (tertiary alicyclic amines) is 1. The Hall–Kier alpha value is -2.22. The molecule has 1 amide bonds. The summed E-state index contributed by atoms with van der Waals surface area (Å²) in [5.74, 6) is 0.0544. The van der Waals surface area contributed by atoms with Gasteiger partial charge in [-0.25, -0.2) is 9.67 Å². The van der Waals surface area contributed by atoms with E-state index < -0.39 is 0 Å². The Morgan fingerprint density at radius 3 is 2.66 bits per heavy atom. The normalized spacial score (nSPS) is 18.0. The first-order valence-electron chi connectivity index (χ1n) is 9.79. The van der Waals surface area contributed by atoms with Crippen molar-refractivity contribution in [2.75, 3.05) is 26.2 Å². The Kier molecular flexibility index (Phi) is 5.72. The van der Waals surface area contributed by atoms with Gasteiger partial charge in [0, 0.05) is 36.8 Å². The third-order valence-electron chi connectivity index (χ3n) is 6.02. The van der Waals surface area contributed by atoms with Crippen molar-refractivity contribution in [3.63, 3.8) is 0 Å². The summed E-state index contributed by atoms with van der Waals surface area (Å²) >= 11 is 1.50. The van der Waals surface area contributed by atoms with E-state index in [9.17, 15) is 4.79 Å². The summed E-state index contributed by atoms with van der Waals surface area (Å²) in [5.41, 5.74) is 2.90. The fraction of sp³-hybridized carbons (Fsp3) is 0.381. The molecule has 2 aliphatic heterocycles. The van der Waals surface area contributed by atoms with E-state index in [1.165, 1.54) is 17.8 Å². The summed E-state index contributed by atoms with van der Waals surface area (Å²) in [6.07, 6.45) is 7.18. The van der Waals surface area contributed by atoms with E-state index in [4.69, 9.17) is 0 Å². The molecule has 29 heavy (non-hydrogen) atoms. The second-order valence-electron chi connectivity index (χ2n) is 7.77. The van der Waals surface area contributed by atoms with Gasteiger partial charge in [0.15, 0.2) is 0 Å². The fourth-order valence-electron chi connectivity index (χ4n) is 4.23. The van der Waals surface area contributed by atoms with Crippen molar-refractivity contribution in [2.45, 2.75) is 19.3 Å². The Balaban J connectivity index is 0.00000205. The van der Waals surface area contributed by atoms with Crippen molar-refractivity contribution >= 4 is 29.7 Å². The number of benzene rings is 1. The molecule has 0 atom stereocenters. The minimum absolute atomic E-state index is 0. The number of nitrogens with zero attached hydrogens (tertiary/aromatic N) is 4. The monoisotopic (exact) mass is 429 g/mol. The summed E-state index contributed by atoms with van der Waals surface area (Å²) in [7, 11) is 0. The average Bonchev–Trinajstić information content (AvgIpc) is 3.49. The molecule has 0 bridgehead atoms. The van der Waals surface area contributed by atoms with Gasteiger partial charge in [0.1, 0.15) is 10.7 Å². The number of halogens is 1. The van der Waals surface area contributed by atoms with E-state index in [2.05, 4.69) is 15.4 Å². The number of aromatic nitrogens is 3. The van der Waals surface area contributed by atoms with Crippen LogP contribution in [-0.4, -0.2) is 51.8 Å². The number of amides is 1. The number of para-hydroxylation sites is 1. The average molecular weight is 430 g/mol. The molecule has 0 radical (unpaired) electrons. The standard InChI is InChI=1S/C21H23N5OS.ClH/c27-20(25-10-7-21(8-11-25)6-9-22-15-21)18-14-28-19(24-18)16-12-23-26(13-16)17-4-2-1-3-5-17;/h1-5,12-14,22H,6-11,15H2;1H. The molecule has 1 N–H and O–H groups in total. The Morgan fingerprint density at radius 1 is 1.14 bits per heavy atom. The molecule has 8 heteroatoms. The number of hydrogen-bond acceptors (Lipinski definition) is 5. The first kappa shape index (κ1) is 20.1. The van der Waals surface area contributed by atoms with Gasteiger partial charge in [0.05, 0.1) is 11.9 Å². The van der Waals surface area contributed by atoms with Crippen LogP contribution in [0, 0.1) is 5.41 Å². The molecule has 2 saturated heterocycles. The van der Waals surface area contributed by atoms with Crippen molar-refractivity contribution in [3.05, 3.63) is 53.8 Å². The number of hydrogen-bond donors (Lipinski definition) is 1. The Labute approximate surface area is 180 Å². The summed E-state index contributed by atoms with van der Waals surface area (Å²) in [6, 6.07) is 9.98. The van der Waals surface area contributed by atoms with E-state index in [-0.39, 0.29) is 18.3 Å². The quantitative estimate of drug-likeness (QED) is 0.690. The van der Waals surface area contributed by atoms with E-state index in [0.717, 1.165) is 55.3 Å². The molecule has 0 aliphatic carbocycles. The highest BCUT2D eigenvalue weighted by atomic mass is 35.5. The summed E-state index contributed by atoms with van der Waals surface area (Å²) < 4.78 is 1.83. The molecule has 152 valence electrons.